The van der Waals surface area contributed by atoms with Crippen LogP contribution < -0.4 is 16.0 Å². The summed E-state index contributed by atoms with van der Waals surface area (Å²) in [4.78, 5) is 26.6. The number of para-hydroxylation sites is 1. The second-order valence-corrected chi connectivity index (χ2v) is 8.12. The summed E-state index contributed by atoms with van der Waals surface area (Å²) >= 11 is 0. The lowest BCUT2D eigenvalue weighted by Gasteiger charge is -2.26. The third-order valence-corrected chi connectivity index (χ3v) is 4.56. The Bertz CT molecular complexity index is 676. The Kier molecular flexibility index (Phi) is 6.59. The Morgan fingerprint density at radius 3 is 2.65 bits per heavy atom. The van der Waals surface area contributed by atoms with E-state index >= 15 is 0 Å². The second kappa shape index (κ2) is 8.49. The number of carbonyl (C=O) groups is 2. The van der Waals surface area contributed by atoms with Gasteiger partial charge in [-0.15, -0.1) is 0 Å². The molecule has 2 amide bonds. The lowest BCUT2D eigenvalue weighted by molar-refractivity contribution is -0.123. The van der Waals surface area contributed by atoms with Gasteiger partial charge in [-0.3, -0.25) is 9.59 Å². The third-order valence-electron chi connectivity index (χ3n) is 4.56. The normalized spacial score (nSPS) is 16.4. The first-order chi connectivity index (χ1) is 12.2. The summed E-state index contributed by atoms with van der Waals surface area (Å²) in [6, 6.07) is 7.23. The van der Waals surface area contributed by atoms with E-state index in [1.807, 2.05) is 25.1 Å². The van der Waals surface area contributed by atoms with E-state index in [1.165, 1.54) is 5.56 Å². The summed E-state index contributed by atoms with van der Waals surface area (Å²) in [7, 11) is 0. The summed E-state index contributed by atoms with van der Waals surface area (Å²) in [6.45, 7) is 8.90. The molecule has 0 unspecified atom stereocenters. The van der Waals surface area contributed by atoms with Crippen molar-refractivity contribution in [1.29, 1.82) is 0 Å². The summed E-state index contributed by atoms with van der Waals surface area (Å²) in [5.41, 5.74) is 8.02. The van der Waals surface area contributed by atoms with Crippen molar-refractivity contribution < 1.29 is 9.59 Å². The Balaban J connectivity index is 2.09. The highest BCUT2D eigenvalue weighted by atomic mass is 16.2. The fourth-order valence-electron chi connectivity index (χ4n) is 3.16. The van der Waals surface area contributed by atoms with Gasteiger partial charge in [0.15, 0.2) is 0 Å². The van der Waals surface area contributed by atoms with Gasteiger partial charge >= 0.3 is 0 Å². The molecule has 1 heterocycles. The average Bonchev–Trinajstić information content (AvgIpc) is 3.01. The maximum Gasteiger partial charge on any atom is 0.250 e. The predicted octanol–water partition coefficient (Wildman–Crippen LogP) is 2.79. The van der Waals surface area contributed by atoms with Gasteiger partial charge in [-0.1, -0.05) is 52.0 Å². The van der Waals surface area contributed by atoms with Crippen LogP contribution >= 0.6 is 0 Å². The summed E-state index contributed by atoms with van der Waals surface area (Å²) in [5, 5.41) is 2.97. The quantitative estimate of drug-likeness (QED) is 0.769. The van der Waals surface area contributed by atoms with Crippen molar-refractivity contribution in [3.05, 3.63) is 42.0 Å². The summed E-state index contributed by atoms with van der Waals surface area (Å²) in [6.07, 6.45) is 5.57. The fourth-order valence-corrected chi connectivity index (χ4v) is 3.16. The smallest absolute Gasteiger partial charge is 0.250 e. The molecule has 0 radical (unpaired) electrons. The zero-order valence-electron chi connectivity index (χ0n) is 16.3. The van der Waals surface area contributed by atoms with E-state index in [0.29, 0.717) is 13.0 Å². The molecule has 1 aliphatic heterocycles. The van der Waals surface area contributed by atoms with E-state index in [4.69, 9.17) is 5.73 Å². The molecule has 1 aliphatic rings. The second-order valence-electron chi connectivity index (χ2n) is 8.12. The molecule has 142 valence electrons. The van der Waals surface area contributed by atoms with Gasteiger partial charge < -0.3 is 16.0 Å². The molecule has 1 aromatic rings. The minimum Gasteiger partial charge on any atom is -0.349 e. The van der Waals surface area contributed by atoms with Crippen molar-refractivity contribution >= 4 is 17.5 Å². The number of amides is 2. The van der Waals surface area contributed by atoms with Gasteiger partial charge in [0.2, 0.25) is 5.91 Å². The molecule has 5 heteroatoms. The number of anilines is 1. The van der Waals surface area contributed by atoms with Gasteiger partial charge in [-0.25, -0.2) is 0 Å². The van der Waals surface area contributed by atoms with Crippen LogP contribution in [-0.4, -0.2) is 30.4 Å². The zero-order valence-corrected chi connectivity index (χ0v) is 16.3. The van der Waals surface area contributed by atoms with Gasteiger partial charge in [-0.05, 0) is 36.3 Å². The van der Waals surface area contributed by atoms with Crippen LogP contribution in [0.5, 0.6) is 0 Å². The van der Waals surface area contributed by atoms with Crippen LogP contribution in [0.1, 0.15) is 46.1 Å². The molecule has 0 saturated heterocycles. The SMILES string of the molecule is CC[C@H](N)C(=O)N[C@H](C=CC(=O)N1CCc2ccccc21)CC(C)(C)C. The number of nitrogens with one attached hydrogen (secondary N) is 1. The van der Waals surface area contributed by atoms with Crippen LogP contribution in [0.25, 0.3) is 0 Å². The zero-order chi connectivity index (χ0) is 19.3. The van der Waals surface area contributed by atoms with Gasteiger partial charge in [0, 0.05) is 24.4 Å². The molecule has 0 aromatic heterocycles. The first-order valence-electron chi connectivity index (χ1n) is 9.35. The summed E-state index contributed by atoms with van der Waals surface area (Å²) in [5.74, 6) is -0.228. The van der Waals surface area contributed by atoms with Crippen molar-refractivity contribution in [2.45, 2.75) is 59.0 Å². The van der Waals surface area contributed by atoms with E-state index in [1.54, 1.807) is 17.1 Å². The van der Waals surface area contributed by atoms with Crippen molar-refractivity contribution in [2.24, 2.45) is 11.1 Å². The van der Waals surface area contributed by atoms with Gasteiger partial charge in [0.1, 0.15) is 0 Å². The van der Waals surface area contributed by atoms with Crippen molar-refractivity contribution in [1.82, 2.24) is 5.32 Å². The van der Waals surface area contributed by atoms with E-state index in [0.717, 1.165) is 18.5 Å². The highest BCUT2D eigenvalue weighted by Gasteiger charge is 2.24. The molecule has 26 heavy (non-hydrogen) atoms. The number of benzene rings is 1. The van der Waals surface area contributed by atoms with Crippen LogP contribution in [0.4, 0.5) is 5.69 Å². The molecule has 0 bridgehead atoms. The molecule has 1 aromatic carbocycles. The molecule has 2 rings (SSSR count). The standard InChI is InChI=1S/C21H31N3O2/c1-5-17(22)20(26)23-16(14-21(2,3)4)10-11-19(25)24-13-12-15-8-6-7-9-18(15)24/h6-11,16-17H,5,12-14,22H2,1-4H3,(H,23,26)/t16-,17+/m1/s1. The third kappa shape index (κ3) is 5.43. The van der Waals surface area contributed by atoms with Gasteiger partial charge in [0.05, 0.1) is 6.04 Å². The lowest BCUT2D eigenvalue weighted by atomic mass is 9.87. The lowest BCUT2D eigenvalue weighted by Crippen LogP contribution is -2.45. The van der Waals surface area contributed by atoms with Crippen LogP contribution in [0.2, 0.25) is 0 Å². The number of hydrogen-bond donors (Lipinski definition) is 2. The predicted molar refractivity (Wildman–Crippen MR) is 106 cm³/mol. The van der Waals surface area contributed by atoms with Crippen molar-refractivity contribution in [2.75, 3.05) is 11.4 Å². The molecular formula is C21H31N3O2. The number of carbonyl (C=O) groups excluding carboxylic acids is 2. The first kappa shape index (κ1) is 20.2. The number of rotatable bonds is 6. The highest BCUT2D eigenvalue weighted by molar-refractivity contribution is 6.03. The topological polar surface area (TPSA) is 75.4 Å². The number of hydrogen-bond acceptors (Lipinski definition) is 3. The number of fused-ring (bicyclic) bond motifs is 1. The van der Waals surface area contributed by atoms with Crippen LogP contribution in [-0.2, 0) is 16.0 Å². The minimum atomic E-state index is -0.521. The molecule has 5 nitrogen and oxygen atoms in total. The van der Waals surface area contributed by atoms with Crippen LogP contribution in [0, 0.1) is 5.41 Å². The highest BCUT2D eigenvalue weighted by Crippen LogP contribution is 2.27. The number of nitrogens with two attached hydrogens (primary N) is 1. The molecule has 3 N–H and O–H groups in total. The molecule has 0 aliphatic carbocycles. The Labute approximate surface area is 156 Å². The van der Waals surface area contributed by atoms with Crippen LogP contribution in [0.15, 0.2) is 36.4 Å². The first-order valence-corrected chi connectivity index (χ1v) is 9.35. The molecular weight excluding hydrogens is 326 g/mol. The maximum absolute atomic E-state index is 12.7. The molecule has 2 atom stereocenters. The van der Waals surface area contributed by atoms with Gasteiger partial charge in [-0.2, -0.15) is 0 Å². The van der Waals surface area contributed by atoms with Gasteiger partial charge in [0.25, 0.3) is 5.91 Å². The van der Waals surface area contributed by atoms with Crippen molar-refractivity contribution in [3.63, 3.8) is 0 Å². The van der Waals surface area contributed by atoms with E-state index in [9.17, 15) is 9.59 Å². The Hall–Kier alpha value is -2.14. The maximum atomic E-state index is 12.7. The average molecular weight is 357 g/mol. The van der Waals surface area contributed by atoms with E-state index < -0.39 is 6.04 Å². The Morgan fingerprint density at radius 1 is 1.31 bits per heavy atom. The Morgan fingerprint density at radius 2 is 2.00 bits per heavy atom. The molecule has 0 fully saturated rings. The van der Waals surface area contributed by atoms with Crippen molar-refractivity contribution in [3.8, 4) is 0 Å². The van der Waals surface area contributed by atoms with E-state index in [2.05, 4.69) is 32.2 Å². The summed E-state index contributed by atoms with van der Waals surface area (Å²) < 4.78 is 0. The number of nitrogens with zero attached hydrogens (tertiary/aromatic N) is 1. The molecule has 0 spiro atoms. The van der Waals surface area contributed by atoms with E-state index in [-0.39, 0.29) is 23.3 Å². The minimum absolute atomic E-state index is 0.0158. The molecule has 0 saturated carbocycles. The largest absolute Gasteiger partial charge is 0.349 e. The fraction of sp³-hybridized carbons (Fsp3) is 0.524. The monoisotopic (exact) mass is 357 g/mol. The van der Waals surface area contributed by atoms with Crippen LogP contribution in [0.3, 0.4) is 0 Å².